The SMILES string of the molecule is Cc1cc(C)c(CC(=O)CN2CCN(Cc3ccccc3)CC2)s1. The summed E-state index contributed by atoms with van der Waals surface area (Å²) in [5.41, 5.74) is 2.63. The van der Waals surface area contributed by atoms with E-state index in [1.165, 1.54) is 20.9 Å². The van der Waals surface area contributed by atoms with Crippen molar-refractivity contribution >= 4 is 17.1 Å². The molecule has 0 N–H and O–H groups in total. The number of aryl methyl sites for hydroxylation is 2. The second-order valence-electron chi connectivity index (χ2n) is 6.72. The minimum Gasteiger partial charge on any atom is -0.298 e. The molecule has 0 atom stereocenters. The maximum absolute atomic E-state index is 12.4. The summed E-state index contributed by atoms with van der Waals surface area (Å²) in [5, 5.41) is 0. The van der Waals surface area contributed by atoms with Crippen molar-refractivity contribution < 1.29 is 4.79 Å². The van der Waals surface area contributed by atoms with E-state index < -0.39 is 0 Å². The molecule has 0 spiro atoms. The fourth-order valence-corrected chi connectivity index (χ4v) is 4.37. The van der Waals surface area contributed by atoms with E-state index in [0.717, 1.165) is 32.7 Å². The second kappa shape index (κ2) is 8.06. The van der Waals surface area contributed by atoms with Gasteiger partial charge in [0, 0.05) is 48.9 Å². The van der Waals surface area contributed by atoms with Gasteiger partial charge in [0.05, 0.1) is 6.54 Å². The molecule has 1 aliphatic heterocycles. The molecule has 1 saturated heterocycles. The topological polar surface area (TPSA) is 23.6 Å². The number of Topliss-reactive ketones (excluding diaryl/α,β-unsaturated/α-hetero) is 1. The number of benzene rings is 1. The summed E-state index contributed by atoms with van der Waals surface area (Å²) in [6.07, 6.45) is 0.592. The average Bonchev–Trinajstić information content (AvgIpc) is 2.87. The Bertz CT molecular complexity index is 672. The zero-order valence-corrected chi connectivity index (χ0v) is 15.4. The van der Waals surface area contributed by atoms with Crippen LogP contribution in [0.25, 0.3) is 0 Å². The lowest BCUT2D eigenvalue weighted by Gasteiger charge is -2.34. The zero-order valence-electron chi connectivity index (χ0n) is 14.6. The predicted octanol–water partition coefficient (Wildman–Crippen LogP) is 3.29. The van der Waals surface area contributed by atoms with E-state index >= 15 is 0 Å². The Hall–Kier alpha value is -1.49. The van der Waals surface area contributed by atoms with Crippen LogP contribution in [-0.2, 0) is 17.8 Å². The Kier molecular flexibility index (Phi) is 5.82. The summed E-state index contributed by atoms with van der Waals surface area (Å²) in [4.78, 5) is 19.7. The lowest BCUT2D eigenvalue weighted by Crippen LogP contribution is -2.47. The minimum absolute atomic E-state index is 0.344. The van der Waals surface area contributed by atoms with E-state index in [-0.39, 0.29) is 0 Å². The average molecular weight is 343 g/mol. The third kappa shape index (κ3) is 4.76. The van der Waals surface area contributed by atoms with Crippen LogP contribution in [0.3, 0.4) is 0 Å². The smallest absolute Gasteiger partial charge is 0.152 e. The first kappa shape index (κ1) is 17.3. The number of hydrogen-bond donors (Lipinski definition) is 0. The number of carbonyl (C=O) groups is 1. The number of rotatable bonds is 6. The Labute approximate surface area is 148 Å². The van der Waals surface area contributed by atoms with Gasteiger partial charge in [0.15, 0.2) is 5.78 Å². The molecular weight excluding hydrogens is 316 g/mol. The van der Waals surface area contributed by atoms with Crippen LogP contribution in [0.15, 0.2) is 36.4 Å². The maximum Gasteiger partial charge on any atom is 0.152 e. The summed E-state index contributed by atoms with van der Waals surface area (Å²) in [7, 11) is 0. The molecule has 1 aliphatic rings. The maximum atomic E-state index is 12.4. The van der Waals surface area contributed by atoms with Crippen molar-refractivity contribution in [2.24, 2.45) is 0 Å². The van der Waals surface area contributed by atoms with E-state index in [0.29, 0.717) is 18.7 Å². The molecule has 0 bridgehead atoms. The zero-order chi connectivity index (χ0) is 16.9. The molecule has 1 fully saturated rings. The molecule has 0 unspecified atom stereocenters. The molecule has 0 aliphatic carbocycles. The number of piperazine rings is 1. The van der Waals surface area contributed by atoms with Gasteiger partial charge in [-0.1, -0.05) is 30.3 Å². The summed E-state index contributed by atoms with van der Waals surface area (Å²) in [6.45, 7) is 9.87. The van der Waals surface area contributed by atoms with Crippen molar-refractivity contribution in [3.63, 3.8) is 0 Å². The molecule has 3 nitrogen and oxygen atoms in total. The van der Waals surface area contributed by atoms with Gasteiger partial charge in [0.2, 0.25) is 0 Å². The molecule has 0 saturated carbocycles. The predicted molar refractivity (Wildman–Crippen MR) is 101 cm³/mol. The number of hydrogen-bond acceptors (Lipinski definition) is 4. The third-order valence-corrected chi connectivity index (χ3v) is 5.77. The first-order chi connectivity index (χ1) is 11.6. The van der Waals surface area contributed by atoms with Crippen molar-refractivity contribution in [3.8, 4) is 0 Å². The van der Waals surface area contributed by atoms with Crippen LogP contribution in [0.1, 0.15) is 20.9 Å². The second-order valence-corrected chi connectivity index (χ2v) is 8.06. The summed E-state index contributed by atoms with van der Waals surface area (Å²) in [6, 6.07) is 12.8. The molecule has 0 amide bonds. The van der Waals surface area contributed by atoms with Crippen molar-refractivity contribution in [2.75, 3.05) is 32.7 Å². The molecule has 128 valence electrons. The minimum atomic E-state index is 0.344. The van der Waals surface area contributed by atoms with Gasteiger partial charge in [0.1, 0.15) is 0 Å². The van der Waals surface area contributed by atoms with Gasteiger partial charge in [-0.15, -0.1) is 11.3 Å². The lowest BCUT2D eigenvalue weighted by atomic mass is 10.1. The Morgan fingerprint density at radius 2 is 1.71 bits per heavy atom. The van der Waals surface area contributed by atoms with Crippen LogP contribution in [0.2, 0.25) is 0 Å². The number of nitrogens with zero attached hydrogens (tertiary/aromatic N) is 2. The highest BCUT2D eigenvalue weighted by molar-refractivity contribution is 7.12. The van der Waals surface area contributed by atoms with Crippen molar-refractivity contribution in [3.05, 3.63) is 57.3 Å². The summed E-state index contributed by atoms with van der Waals surface area (Å²) < 4.78 is 0. The van der Waals surface area contributed by atoms with Crippen LogP contribution in [0.4, 0.5) is 0 Å². The van der Waals surface area contributed by atoms with Crippen LogP contribution >= 0.6 is 11.3 Å². The molecule has 2 aromatic rings. The first-order valence-electron chi connectivity index (χ1n) is 8.66. The molecular formula is C20H26N2OS. The Balaban J connectivity index is 1.43. The van der Waals surface area contributed by atoms with Gasteiger partial charge in [0.25, 0.3) is 0 Å². The third-order valence-electron chi connectivity index (χ3n) is 4.62. The number of carbonyl (C=O) groups excluding carboxylic acids is 1. The molecule has 4 heteroatoms. The van der Waals surface area contributed by atoms with Crippen LogP contribution in [0.5, 0.6) is 0 Å². The van der Waals surface area contributed by atoms with Gasteiger partial charge in [-0.3, -0.25) is 14.6 Å². The highest BCUT2D eigenvalue weighted by atomic mass is 32.1. The monoisotopic (exact) mass is 342 g/mol. The lowest BCUT2D eigenvalue weighted by molar-refractivity contribution is -0.120. The van der Waals surface area contributed by atoms with Crippen molar-refractivity contribution in [2.45, 2.75) is 26.8 Å². The highest BCUT2D eigenvalue weighted by Crippen LogP contribution is 2.21. The van der Waals surface area contributed by atoms with Gasteiger partial charge in [-0.25, -0.2) is 0 Å². The molecule has 1 aromatic heterocycles. The van der Waals surface area contributed by atoms with Crippen LogP contribution in [0, 0.1) is 13.8 Å². The van der Waals surface area contributed by atoms with Crippen LogP contribution in [-0.4, -0.2) is 48.3 Å². The fraction of sp³-hybridized carbons (Fsp3) is 0.450. The molecule has 24 heavy (non-hydrogen) atoms. The van der Waals surface area contributed by atoms with E-state index in [9.17, 15) is 4.79 Å². The highest BCUT2D eigenvalue weighted by Gasteiger charge is 2.19. The summed E-state index contributed by atoms with van der Waals surface area (Å²) in [5.74, 6) is 0.344. The van der Waals surface area contributed by atoms with E-state index in [2.05, 4.69) is 60.0 Å². The van der Waals surface area contributed by atoms with Gasteiger partial charge < -0.3 is 0 Å². The van der Waals surface area contributed by atoms with E-state index in [4.69, 9.17) is 0 Å². The molecule has 0 radical (unpaired) electrons. The van der Waals surface area contributed by atoms with Gasteiger partial charge >= 0.3 is 0 Å². The number of thiophene rings is 1. The fourth-order valence-electron chi connectivity index (χ4n) is 3.30. The first-order valence-corrected chi connectivity index (χ1v) is 9.48. The summed E-state index contributed by atoms with van der Waals surface area (Å²) >= 11 is 1.76. The van der Waals surface area contributed by atoms with Gasteiger partial charge in [-0.05, 0) is 31.0 Å². The standard InChI is InChI=1S/C20H26N2OS/c1-16-12-17(2)24-20(16)13-19(23)15-22-10-8-21(9-11-22)14-18-6-4-3-5-7-18/h3-7,12H,8-11,13-15H2,1-2H3. The van der Waals surface area contributed by atoms with Crippen LogP contribution < -0.4 is 0 Å². The molecule has 3 rings (SSSR count). The quantitative estimate of drug-likeness (QED) is 0.805. The number of ketones is 1. The Morgan fingerprint density at radius 1 is 1.04 bits per heavy atom. The van der Waals surface area contributed by atoms with Gasteiger partial charge in [-0.2, -0.15) is 0 Å². The molecule has 1 aromatic carbocycles. The molecule has 2 heterocycles. The van der Waals surface area contributed by atoms with Crippen molar-refractivity contribution in [1.29, 1.82) is 0 Å². The Morgan fingerprint density at radius 3 is 2.33 bits per heavy atom. The largest absolute Gasteiger partial charge is 0.298 e. The van der Waals surface area contributed by atoms with Crippen molar-refractivity contribution in [1.82, 2.24) is 9.80 Å². The normalized spacial score (nSPS) is 16.4. The van der Waals surface area contributed by atoms with E-state index in [1.54, 1.807) is 11.3 Å². The van der Waals surface area contributed by atoms with E-state index in [1.807, 2.05) is 0 Å².